The first-order chi connectivity index (χ1) is 7.77. The Morgan fingerprint density at radius 3 is 2.25 bits per heavy atom. The van der Waals surface area contributed by atoms with Crippen molar-refractivity contribution in [2.45, 2.75) is 64.2 Å². The molecule has 0 aliphatic heterocycles. The van der Waals surface area contributed by atoms with Crippen molar-refractivity contribution in [3.05, 3.63) is 0 Å². The minimum atomic E-state index is -0.537. The third kappa shape index (κ3) is 2.99. The average Bonchev–Trinajstić information content (AvgIpc) is 2.63. The van der Waals surface area contributed by atoms with Crippen molar-refractivity contribution in [2.24, 2.45) is 17.8 Å². The van der Waals surface area contributed by atoms with E-state index in [-0.39, 0.29) is 5.92 Å². The molecular weight excluding hydrogens is 200 g/mol. The summed E-state index contributed by atoms with van der Waals surface area (Å²) >= 11 is 0. The van der Waals surface area contributed by atoms with Gasteiger partial charge in [0.25, 0.3) is 0 Å². The Morgan fingerprint density at radius 1 is 0.938 bits per heavy atom. The SMILES string of the molecule is O=C(O)C1CCCCCC1CC1CCCC1. The lowest BCUT2D eigenvalue weighted by Crippen LogP contribution is -2.24. The summed E-state index contributed by atoms with van der Waals surface area (Å²) in [4.78, 5) is 11.3. The van der Waals surface area contributed by atoms with E-state index in [1.165, 1.54) is 44.9 Å². The first kappa shape index (κ1) is 11.9. The maximum Gasteiger partial charge on any atom is 0.306 e. The summed E-state index contributed by atoms with van der Waals surface area (Å²) in [5, 5.41) is 9.31. The first-order valence-electron chi connectivity index (χ1n) is 7.00. The van der Waals surface area contributed by atoms with Crippen LogP contribution in [0.15, 0.2) is 0 Å². The molecular formula is C14H24O2. The molecule has 0 aromatic rings. The van der Waals surface area contributed by atoms with Crippen molar-refractivity contribution < 1.29 is 9.90 Å². The highest BCUT2D eigenvalue weighted by atomic mass is 16.4. The normalized spacial score (nSPS) is 32.5. The van der Waals surface area contributed by atoms with E-state index in [0.29, 0.717) is 5.92 Å². The van der Waals surface area contributed by atoms with Crippen molar-refractivity contribution in [1.29, 1.82) is 0 Å². The summed E-state index contributed by atoms with van der Waals surface area (Å²) in [7, 11) is 0. The monoisotopic (exact) mass is 224 g/mol. The summed E-state index contributed by atoms with van der Waals surface area (Å²) in [6.07, 6.45) is 12.3. The molecule has 0 spiro atoms. The van der Waals surface area contributed by atoms with Crippen molar-refractivity contribution >= 4 is 5.97 Å². The van der Waals surface area contributed by atoms with Gasteiger partial charge in [-0.3, -0.25) is 4.79 Å². The van der Waals surface area contributed by atoms with Gasteiger partial charge in [-0.1, -0.05) is 44.9 Å². The molecule has 2 aliphatic carbocycles. The molecule has 2 aliphatic rings. The molecule has 0 radical (unpaired) electrons. The fourth-order valence-electron chi connectivity index (χ4n) is 3.67. The molecule has 92 valence electrons. The molecule has 16 heavy (non-hydrogen) atoms. The molecule has 1 N–H and O–H groups in total. The van der Waals surface area contributed by atoms with Gasteiger partial charge in [0.2, 0.25) is 0 Å². The second kappa shape index (κ2) is 5.70. The van der Waals surface area contributed by atoms with Crippen LogP contribution in [0.2, 0.25) is 0 Å². The second-order valence-corrected chi connectivity index (χ2v) is 5.73. The van der Waals surface area contributed by atoms with E-state index in [4.69, 9.17) is 0 Å². The number of carboxylic acid groups (broad SMARTS) is 1. The maximum atomic E-state index is 11.3. The van der Waals surface area contributed by atoms with Crippen LogP contribution < -0.4 is 0 Å². The van der Waals surface area contributed by atoms with Gasteiger partial charge in [0.15, 0.2) is 0 Å². The van der Waals surface area contributed by atoms with E-state index >= 15 is 0 Å². The molecule has 0 bridgehead atoms. The second-order valence-electron chi connectivity index (χ2n) is 5.73. The van der Waals surface area contributed by atoms with Crippen LogP contribution in [0.3, 0.4) is 0 Å². The molecule has 0 aromatic carbocycles. The minimum Gasteiger partial charge on any atom is -0.481 e. The first-order valence-corrected chi connectivity index (χ1v) is 7.00. The quantitative estimate of drug-likeness (QED) is 0.739. The zero-order chi connectivity index (χ0) is 11.4. The zero-order valence-electron chi connectivity index (χ0n) is 10.2. The van der Waals surface area contributed by atoms with Gasteiger partial charge >= 0.3 is 5.97 Å². The van der Waals surface area contributed by atoms with E-state index in [0.717, 1.165) is 25.2 Å². The summed E-state index contributed by atoms with van der Waals surface area (Å²) < 4.78 is 0. The molecule has 0 heterocycles. The van der Waals surface area contributed by atoms with E-state index in [2.05, 4.69) is 0 Å². The highest BCUT2D eigenvalue weighted by Crippen LogP contribution is 2.38. The Bertz CT molecular complexity index is 231. The van der Waals surface area contributed by atoms with Crippen LogP contribution in [0.25, 0.3) is 0 Å². The number of carbonyl (C=O) groups is 1. The number of aliphatic carboxylic acids is 1. The van der Waals surface area contributed by atoms with E-state index in [1.54, 1.807) is 0 Å². The summed E-state index contributed by atoms with van der Waals surface area (Å²) in [6.45, 7) is 0. The topological polar surface area (TPSA) is 37.3 Å². The molecule has 2 nitrogen and oxygen atoms in total. The third-order valence-electron chi connectivity index (χ3n) is 4.59. The van der Waals surface area contributed by atoms with Gasteiger partial charge in [-0.25, -0.2) is 0 Å². The molecule has 2 rings (SSSR count). The van der Waals surface area contributed by atoms with Crippen LogP contribution in [0.1, 0.15) is 64.2 Å². The van der Waals surface area contributed by atoms with Crippen LogP contribution in [0.5, 0.6) is 0 Å². The average molecular weight is 224 g/mol. The van der Waals surface area contributed by atoms with Crippen LogP contribution >= 0.6 is 0 Å². The van der Waals surface area contributed by atoms with Gasteiger partial charge in [0.05, 0.1) is 5.92 Å². The largest absolute Gasteiger partial charge is 0.481 e. The van der Waals surface area contributed by atoms with Crippen molar-refractivity contribution in [2.75, 3.05) is 0 Å². The zero-order valence-corrected chi connectivity index (χ0v) is 10.2. The lowest BCUT2D eigenvalue weighted by atomic mass is 9.81. The number of hydrogen-bond acceptors (Lipinski definition) is 1. The van der Waals surface area contributed by atoms with E-state index in [9.17, 15) is 9.90 Å². The smallest absolute Gasteiger partial charge is 0.306 e. The van der Waals surface area contributed by atoms with Crippen LogP contribution in [-0.4, -0.2) is 11.1 Å². The van der Waals surface area contributed by atoms with Gasteiger partial charge in [-0.05, 0) is 31.1 Å². The van der Waals surface area contributed by atoms with E-state index in [1.807, 2.05) is 0 Å². The van der Waals surface area contributed by atoms with Gasteiger partial charge in [-0.2, -0.15) is 0 Å². The lowest BCUT2D eigenvalue weighted by Gasteiger charge is -2.24. The fourth-order valence-corrected chi connectivity index (χ4v) is 3.67. The van der Waals surface area contributed by atoms with Gasteiger partial charge < -0.3 is 5.11 Å². The number of rotatable bonds is 3. The summed E-state index contributed by atoms with van der Waals surface area (Å²) in [6, 6.07) is 0. The van der Waals surface area contributed by atoms with Gasteiger partial charge in [0.1, 0.15) is 0 Å². The molecule has 0 aromatic heterocycles. The van der Waals surface area contributed by atoms with E-state index < -0.39 is 5.97 Å². The number of carboxylic acids is 1. The molecule has 2 heteroatoms. The Morgan fingerprint density at radius 2 is 1.56 bits per heavy atom. The Kier molecular flexibility index (Phi) is 4.25. The molecule has 0 amide bonds. The molecule has 2 saturated carbocycles. The predicted molar refractivity (Wildman–Crippen MR) is 64.3 cm³/mol. The minimum absolute atomic E-state index is 0.0388. The standard InChI is InChI=1S/C14H24O2/c15-14(16)13-9-3-1-2-8-12(13)10-11-6-4-5-7-11/h11-13H,1-10H2,(H,15,16). The van der Waals surface area contributed by atoms with Crippen LogP contribution in [0.4, 0.5) is 0 Å². The van der Waals surface area contributed by atoms with Crippen molar-refractivity contribution in [3.8, 4) is 0 Å². The number of hydrogen-bond donors (Lipinski definition) is 1. The lowest BCUT2D eigenvalue weighted by molar-refractivity contribution is -0.144. The molecule has 0 saturated heterocycles. The Labute approximate surface area is 98.4 Å². The fraction of sp³-hybridized carbons (Fsp3) is 0.929. The third-order valence-corrected chi connectivity index (χ3v) is 4.59. The molecule has 2 unspecified atom stereocenters. The predicted octanol–water partition coefficient (Wildman–Crippen LogP) is 3.85. The Hall–Kier alpha value is -0.530. The van der Waals surface area contributed by atoms with Crippen molar-refractivity contribution in [1.82, 2.24) is 0 Å². The maximum absolute atomic E-state index is 11.3. The van der Waals surface area contributed by atoms with Gasteiger partial charge in [-0.15, -0.1) is 0 Å². The Balaban J connectivity index is 1.93. The molecule has 2 fully saturated rings. The van der Waals surface area contributed by atoms with Gasteiger partial charge in [0, 0.05) is 0 Å². The van der Waals surface area contributed by atoms with Crippen LogP contribution in [-0.2, 0) is 4.79 Å². The highest BCUT2D eigenvalue weighted by molar-refractivity contribution is 5.70. The summed E-state index contributed by atoms with van der Waals surface area (Å²) in [5.41, 5.74) is 0. The summed E-state index contributed by atoms with van der Waals surface area (Å²) in [5.74, 6) is 0.737. The highest BCUT2D eigenvalue weighted by Gasteiger charge is 2.31. The van der Waals surface area contributed by atoms with Crippen LogP contribution in [0, 0.1) is 17.8 Å². The molecule has 2 atom stereocenters. The van der Waals surface area contributed by atoms with Crippen molar-refractivity contribution in [3.63, 3.8) is 0 Å².